The minimum atomic E-state index is -0.300. The molecule has 0 saturated carbocycles. The zero-order chi connectivity index (χ0) is 21.8. The van der Waals surface area contributed by atoms with Gasteiger partial charge in [0.2, 0.25) is 0 Å². The van der Waals surface area contributed by atoms with E-state index < -0.39 is 0 Å². The van der Waals surface area contributed by atoms with Gasteiger partial charge in [-0.2, -0.15) is 0 Å². The first-order valence-corrected chi connectivity index (χ1v) is 10.5. The summed E-state index contributed by atoms with van der Waals surface area (Å²) in [6, 6.07) is 20.2. The summed E-state index contributed by atoms with van der Waals surface area (Å²) >= 11 is 12.1. The van der Waals surface area contributed by atoms with Crippen molar-refractivity contribution in [3.63, 3.8) is 0 Å². The lowest BCUT2D eigenvalue weighted by Gasteiger charge is -2.15. The van der Waals surface area contributed by atoms with E-state index in [2.05, 4.69) is 5.32 Å². The van der Waals surface area contributed by atoms with Crippen molar-refractivity contribution in [2.75, 3.05) is 0 Å². The molecule has 0 radical (unpaired) electrons. The lowest BCUT2D eigenvalue weighted by molar-refractivity contribution is 0.0907. The normalized spacial score (nSPS) is 11.8. The molecule has 7 heteroatoms. The second-order valence-corrected chi connectivity index (χ2v) is 7.77. The van der Waals surface area contributed by atoms with Gasteiger partial charge >= 0.3 is 0 Å². The van der Waals surface area contributed by atoms with E-state index in [1.54, 1.807) is 30.3 Å². The molecule has 4 aromatic rings. The Kier molecular flexibility index (Phi) is 6.35. The lowest BCUT2D eigenvalue weighted by Crippen LogP contribution is -2.26. The molecule has 4 rings (SSSR count). The number of ether oxygens (including phenoxy) is 1. The van der Waals surface area contributed by atoms with E-state index in [0.717, 1.165) is 11.3 Å². The predicted octanol–water partition coefficient (Wildman–Crippen LogP) is 6.45. The maximum atomic E-state index is 12.6. The molecule has 1 amide bonds. The Labute approximate surface area is 190 Å². The van der Waals surface area contributed by atoms with E-state index >= 15 is 0 Å². The van der Waals surface area contributed by atoms with Gasteiger partial charge in [-0.1, -0.05) is 41.4 Å². The number of furan rings is 1. The highest BCUT2D eigenvalue weighted by Crippen LogP contribution is 2.32. The number of benzene rings is 2. The van der Waals surface area contributed by atoms with Crippen LogP contribution in [0.25, 0.3) is 5.69 Å². The highest BCUT2D eigenvalue weighted by molar-refractivity contribution is 6.42. The molecule has 158 valence electrons. The number of halogens is 2. The summed E-state index contributed by atoms with van der Waals surface area (Å²) in [4.78, 5) is 12.6. The minimum absolute atomic E-state index is 0.127. The van der Waals surface area contributed by atoms with Crippen LogP contribution in [0.1, 0.15) is 34.8 Å². The molecule has 0 saturated heterocycles. The van der Waals surface area contributed by atoms with Gasteiger partial charge in [-0.25, -0.2) is 0 Å². The Hall–Kier alpha value is -3.15. The first-order chi connectivity index (χ1) is 15.0. The molecular weight excluding hydrogens is 435 g/mol. The average Bonchev–Trinajstić information content (AvgIpc) is 3.47. The molecule has 5 nitrogen and oxygen atoms in total. The van der Waals surface area contributed by atoms with Crippen molar-refractivity contribution in [3.8, 4) is 11.4 Å². The number of hydrogen-bond donors (Lipinski definition) is 1. The Balaban J connectivity index is 1.39. The maximum Gasteiger partial charge on any atom is 0.287 e. The van der Waals surface area contributed by atoms with Crippen molar-refractivity contribution >= 4 is 29.1 Å². The van der Waals surface area contributed by atoms with E-state index in [0.29, 0.717) is 21.6 Å². The van der Waals surface area contributed by atoms with Gasteiger partial charge in [-0.05, 0) is 61.0 Å². The molecule has 2 aromatic heterocycles. The van der Waals surface area contributed by atoms with Crippen LogP contribution in [-0.2, 0) is 6.61 Å². The van der Waals surface area contributed by atoms with E-state index in [1.807, 2.05) is 60.3 Å². The summed E-state index contributed by atoms with van der Waals surface area (Å²) in [5.41, 5.74) is 2.02. The van der Waals surface area contributed by atoms with Gasteiger partial charge in [0.05, 0.1) is 11.1 Å². The Morgan fingerprint density at radius 3 is 2.65 bits per heavy atom. The van der Waals surface area contributed by atoms with Crippen LogP contribution in [0.3, 0.4) is 0 Å². The van der Waals surface area contributed by atoms with Crippen molar-refractivity contribution in [1.82, 2.24) is 9.88 Å². The van der Waals surface area contributed by atoms with Crippen molar-refractivity contribution < 1.29 is 13.9 Å². The van der Waals surface area contributed by atoms with Gasteiger partial charge < -0.3 is 19.0 Å². The van der Waals surface area contributed by atoms with E-state index in [1.165, 1.54) is 0 Å². The largest absolute Gasteiger partial charge is 0.484 e. The van der Waals surface area contributed by atoms with Gasteiger partial charge in [-0.3, -0.25) is 4.79 Å². The number of nitrogens with zero attached hydrogens (tertiary/aromatic N) is 1. The van der Waals surface area contributed by atoms with Gasteiger partial charge in [0.15, 0.2) is 5.76 Å². The number of amides is 1. The second-order valence-electron chi connectivity index (χ2n) is 6.99. The average molecular weight is 455 g/mol. The third-order valence-electron chi connectivity index (χ3n) is 4.79. The highest BCUT2D eigenvalue weighted by atomic mass is 35.5. The summed E-state index contributed by atoms with van der Waals surface area (Å²) in [5.74, 6) is 0.867. The number of hydrogen-bond acceptors (Lipinski definition) is 3. The summed E-state index contributed by atoms with van der Waals surface area (Å²) < 4.78 is 13.3. The van der Waals surface area contributed by atoms with Gasteiger partial charge in [0.25, 0.3) is 5.91 Å². The molecule has 1 N–H and O–H groups in total. The molecule has 1 atom stereocenters. The van der Waals surface area contributed by atoms with Crippen LogP contribution in [0.5, 0.6) is 5.75 Å². The first kappa shape index (κ1) is 21.1. The Morgan fingerprint density at radius 1 is 1.06 bits per heavy atom. The molecule has 0 spiro atoms. The molecule has 0 aliphatic rings. The van der Waals surface area contributed by atoms with Crippen LogP contribution in [0.2, 0.25) is 10.0 Å². The third kappa shape index (κ3) is 4.95. The standard InChI is InChI=1S/C24H20Cl2N2O3/c1-16(17-6-4-7-18(14-17)28-12-2-3-13-28)27-24(29)22-11-10-19(31-22)15-30-21-9-5-8-20(25)23(21)26/h2-14,16H,15H2,1H3,(H,27,29). The number of carbonyl (C=O) groups excluding carboxylic acids is 1. The van der Waals surface area contributed by atoms with Crippen molar-refractivity contribution in [2.24, 2.45) is 0 Å². The van der Waals surface area contributed by atoms with Crippen LogP contribution in [0, 0.1) is 0 Å². The van der Waals surface area contributed by atoms with Crippen LogP contribution >= 0.6 is 23.2 Å². The SMILES string of the molecule is CC(NC(=O)c1ccc(COc2cccc(Cl)c2Cl)o1)c1cccc(-n2cccc2)c1. The van der Waals surface area contributed by atoms with Gasteiger partial charge in [-0.15, -0.1) is 0 Å². The number of rotatable bonds is 7. The summed E-state index contributed by atoms with van der Waals surface area (Å²) in [7, 11) is 0. The van der Waals surface area contributed by atoms with E-state index in [9.17, 15) is 4.79 Å². The molecule has 1 unspecified atom stereocenters. The molecular formula is C24H20Cl2N2O3. The van der Waals surface area contributed by atoms with Gasteiger partial charge in [0.1, 0.15) is 23.1 Å². The minimum Gasteiger partial charge on any atom is -0.484 e. The summed E-state index contributed by atoms with van der Waals surface area (Å²) in [6.07, 6.45) is 3.96. The smallest absolute Gasteiger partial charge is 0.287 e. The fourth-order valence-corrected chi connectivity index (χ4v) is 3.48. The molecule has 2 aromatic carbocycles. The van der Waals surface area contributed by atoms with Crippen LogP contribution in [0.4, 0.5) is 0 Å². The predicted molar refractivity (Wildman–Crippen MR) is 121 cm³/mol. The zero-order valence-corrected chi connectivity index (χ0v) is 18.2. The van der Waals surface area contributed by atoms with Crippen molar-refractivity contribution in [1.29, 1.82) is 0 Å². The molecule has 31 heavy (non-hydrogen) atoms. The van der Waals surface area contributed by atoms with Crippen LogP contribution in [0.15, 0.2) is 83.5 Å². The van der Waals surface area contributed by atoms with Crippen LogP contribution in [-0.4, -0.2) is 10.5 Å². The monoisotopic (exact) mass is 454 g/mol. The van der Waals surface area contributed by atoms with Crippen molar-refractivity contribution in [2.45, 2.75) is 19.6 Å². The van der Waals surface area contributed by atoms with Crippen LogP contribution < -0.4 is 10.1 Å². The van der Waals surface area contributed by atoms with Crippen molar-refractivity contribution in [3.05, 3.63) is 106 Å². The Bertz CT molecular complexity index is 1190. The quantitative estimate of drug-likeness (QED) is 0.349. The fraction of sp³-hybridized carbons (Fsp3) is 0.125. The molecule has 2 heterocycles. The third-order valence-corrected chi connectivity index (χ3v) is 5.59. The molecule has 0 fully saturated rings. The number of carbonyl (C=O) groups is 1. The molecule has 0 aliphatic carbocycles. The van der Waals surface area contributed by atoms with E-state index in [4.69, 9.17) is 32.4 Å². The highest BCUT2D eigenvalue weighted by Gasteiger charge is 2.16. The lowest BCUT2D eigenvalue weighted by atomic mass is 10.1. The Morgan fingerprint density at radius 2 is 1.84 bits per heavy atom. The van der Waals surface area contributed by atoms with E-state index in [-0.39, 0.29) is 24.3 Å². The molecule has 0 aliphatic heterocycles. The first-order valence-electron chi connectivity index (χ1n) is 9.71. The summed E-state index contributed by atoms with van der Waals surface area (Å²) in [6.45, 7) is 2.06. The molecule has 0 bridgehead atoms. The number of nitrogens with one attached hydrogen (secondary N) is 1. The maximum absolute atomic E-state index is 12.6. The number of aromatic nitrogens is 1. The fourth-order valence-electron chi connectivity index (χ4n) is 3.13. The topological polar surface area (TPSA) is 56.4 Å². The van der Waals surface area contributed by atoms with Gasteiger partial charge in [0, 0.05) is 18.1 Å². The zero-order valence-electron chi connectivity index (χ0n) is 16.7. The summed E-state index contributed by atoms with van der Waals surface area (Å²) in [5, 5.41) is 3.72. The second kappa shape index (κ2) is 9.33.